The van der Waals surface area contributed by atoms with Crippen LogP contribution >= 0.6 is 0 Å². The molecule has 1 atom stereocenters. The molecular formula is C21H25NO4S. The maximum Gasteiger partial charge on any atom is 0.338 e. The molecule has 1 amide bonds. The standard InChI is InChI=1S/C21H25NO4S/c1-14-11-17(9-10-18(14)20(24)26-21(2,3)4)22-19(23)16-8-6-7-15(12-16)13-27(5)25/h6-12H,13H2,1-5H3,(H,22,23). The number of anilines is 1. The fourth-order valence-electron chi connectivity index (χ4n) is 2.54. The first kappa shape index (κ1) is 20.8. The molecule has 0 radical (unpaired) electrons. The second kappa shape index (κ2) is 8.48. The minimum atomic E-state index is -0.969. The number of aryl methyl sites for hydroxylation is 1. The summed E-state index contributed by atoms with van der Waals surface area (Å²) in [5, 5.41) is 2.83. The van der Waals surface area contributed by atoms with Gasteiger partial charge in [-0.3, -0.25) is 9.00 Å². The van der Waals surface area contributed by atoms with Crippen LogP contribution in [0.25, 0.3) is 0 Å². The Morgan fingerprint density at radius 3 is 2.41 bits per heavy atom. The Kier molecular flexibility index (Phi) is 6.54. The molecule has 0 aromatic heterocycles. The van der Waals surface area contributed by atoms with E-state index in [1.165, 1.54) is 0 Å². The number of ether oxygens (including phenoxy) is 1. The van der Waals surface area contributed by atoms with Crippen LogP contribution in [-0.4, -0.2) is 27.9 Å². The lowest BCUT2D eigenvalue weighted by Gasteiger charge is -2.20. The summed E-state index contributed by atoms with van der Waals surface area (Å²) in [6.45, 7) is 7.25. The van der Waals surface area contributed by atoms with Gasteiger partial charge in [-0.25, -0.2) is 4.79 Å². The average Bonchev–Trinajstić information content (AvgIpc) is 2.52. The maximum absolute atomic E-state index is 12.5. The summed E-state index contributed by atoms with van der Waals surface area (Å²) in [6, 6.07) is 12.1. The van der Waals surface area contributed by atoms with Crippen LogP contribution in [0.5, 0.6) is 0 Å². The van der Waals surface area contributed by atoms with Crippen LogP contribution in [0.2, 0.25) is 0 Å². The SMILES string of the molecule is Cc1cc(NC(=O)c2cccc(CS(C)=O)c2)ccc1C(=O)OC(C)(C)C. The van der Waals surface area contributed by atoms with E-state index in [9.17, 15) is 13.8 Å². The Labute approximate surface area is 162 Å². The molecule has 0 bridgehead atoms. The molecule has 2 rings (SSSR count). The van der Waals surface area contributed by atoms with E-state index in [0.717, 1.165) is 11.1 Å². The molecule has 6 heteroatoms. The van der Waals surface area contributed by atoms with Gasteiger partial charge < -0.3 is 10.1 Å². The van der Waals surface area contributed by atoms with Gasteiger partial charge in [0.25, 0.3) is 5.91 Å². The van der Waals surface area contributed by atoms with E-state index < -0.39 is 22.4 Å². The lowest BCUT2D eigenvalue weighted by atomic mass is 10.1. The first-order valence-electron chi connectivity index (χ1n) is 8.59. The third-order valence-electron chi connectivity index (χ3n) is 3.66. The average molecular weight is 388 g/mol. The highest BCUT2D eigenvalue weighted by molar-refractivity contribution is 7.83. The van der Waals surface area contributed by atoms with Crippen molar-refractivity contribution in [1.82, 2.24) is 0 Å². The topological polar surface area (TPSA) is 72.5 Å². The fourth-order valence-corrected chi connectivity index (χ4v) is 3.19. The molecular weight excluding hydrogens is 362 g/mol. The highest BCUT2D eigenvalue weighted by Gasteiger charge is 2.19. The molecule has 2 aromatic rings. The first-order chi connectivity index (χ1) is 12.5. The van der Waals surface area contributed by atoms with Crippen LogP contribution in [0.4, 0.5) is 5.69 Å². The van der Waals surface area contributed by atoms with Crippen molar-refractivity contribution in [2.75, 3.05) is 11.6 Å². The molecule has 0 aliphatic rings. The molecule has 1 N–H and O–H groups in total. The fraction of sp³-hybridized carbons (Fsp3) is 0.333. The van der Waals surface area contributed by atoms with Crippen molar-refractivity contribution in [1.29, 1.82) is 0 Å². The van der Waals surface area contributed by atoms with Gasteiger partial charge in [0.15, 0.2) is 0 Å². The number of amides is 1. The van der Waals surface area contributed by atoms with E-state index in [-0.39, 0.29) is 5.91 Å². The summed E-state index contributed by atoms with van der Waals surface area (Å²) < 4.78 is 16.8. The maximum atomic E-state index is 12.5. The van der Waals surface area contributed by atoms with Crippen molar-refractivity contribution in [2.45, 2.75) is 39.0 Å². The number of carbonyl (C=O) groups excluding carboxylic acids is 2. The van der Waals surface area contributed by atoms with E-state index in [1.54, 1.807) is 49.6 Å². The van der Waals surface area contributed by atoms with Gasteiger partial charge in [0.1, 0.15) is 5.60 Å². The molecule has 0 spiro atoms. The Morgan fingerprint density at radius 2 is 1.81 bits per heavy atom. The minimum absolute atomic E-state index is 0.261. The molecule has 27 heavy (non-hydrogen) atoms. The number of esters is 1. The minimum Gasteiger partial charge on any atom is -0.456 e. The Morgan fingerprint density at radius 1 is 1.11 bits per heavy atom. The molecule has 0 heterocycles. The molecule has 144 valence electrons. The number of benzene rings is 2. The van der Waals surface area contributed by atoms with Gasteiger partial charge in [0.05, 0.1) is 5.56 Å². The summed E-state index contributed by atoms with van der Waals surface area (Å²) in [5.41, 5.74) is 2.55. The van der Waals surface area contributed by atoms with E-state index in [2.05, 4.69) is 5.32 Å². The molecule has 0 aliphatic heterocycles. The van der Waals surface area contributed by atoms with Gasteiger partial charge >= 0.3 is 5.97 Å². The van der Waals surface area contributed by atoms with Crippen molar-refractivity contribution in [3.63, 3.8) is 0 Å². The van der Waals surface area contributed by atoms with Gasteiger partial charge in [-0.1, -0.05) is 12.1 Å². The Bertz CT molecular complexity index is 884. The number of nitrogens with one attached hydrogen (secondary N) is 1. The lowest BCUT2D eigenvalue weighted by Crippen LogP contribution is -2.24. The van der Waals surface area contributed by atoms with Crippen molar-refractivity contribution >= 4 is 28.4 Å². The second-order valence-electron chi connectivity index (χ2n) is 7.40. The molecule has 5 nitrogen and oxygen atoms in total. The number of hydrogen-bond acceptors (Lipinski definition) is 4. The van der Waals surface area contributed by atoms with Crippen LogP contribution in [0, 0.1) is 6.92 Å². The van der Waals surface area contributed by atoms with Gasteiger partial charge in [0, 0.05) is 34.1 Å². The first-order valence-corrected chi connectivity index (χ1v) is 10.3. The van der Waals surface area contributed by atoms with Crippen LogP contribution in [0.3, 0.4) is 0 Å². The summed E-state index contributed by atoms with van der Waals surface area (Å²) in [5.74, 6) is -0.244. The Hall–Kier alpha value is -2.47. The molecule has 1 unspecified atom stereocenters. The van der Waals surface area contributed by atoms with Gasteiger partial charge in [0.2, 0.25) is 0 Å². The van der Waals surface area contributed by atoms with E-state index >= 15 is 0 Å². The zero-order valence-electron chi connectivity index (χ0n) is 16.3. The van der Waals surface area contributed by atoms with E-state index in [1.807, 2.05) is 26.8 Å². The third-order valence-corrected chi connectivity index (χ3v) is 4.40. The summed E-state index contributed by atoms with van der Waals surface area (Å²) >= 11 is 0. The van der Waals surface area contributed by atoms with Crippen molar-refractivity contribution in [3.8, 4) is 0 Å². The summed E-state index contributed by atoms with van der Waals surface area (Å²) in [4.78, 5) is 24.7. The zero-order chi connectivity index (χ0) is 20.2. The van der Waals surface area contributed by atoms with Crippen LogP contribution in [0.15, 0.2) is 42.5 Å². The predicted molar refractivity (Wildman–Crippen MR) is 109 cm³/mol. The number of carbonyl (C=O) groups is 2. The predicted octanol–water partition coefficient (Wildman–Crippen LogP) is 4.08. The third kappa shape index (κ3) is 6.32. The van der Waals surface area contributed by atoms with Gasteiger partial charge in [-0.2, -0.15) is 0 Å². The Balaban J connectivity index is 2.14. The molecule has 0 fully saturated rings. The zero-order valence-corrected chi connectivity index (χ0v) is 17.1. The molecule has 0 aliphatic carbocycles. The number of hydrogen-bond donors (Lipinski definition) is 1. The summed E-state index contributed by atoms with van der Waals surface area (Å²) in [7, 11) is -0.969. The largest absolute Gasteiger partial charge is 0.456 e. The highest BCUT2D eigenvalue weighted by Crippen LogP contribution is 2.20. The van der Waals surface area contributed by atoms with Crippen LogP contribution < -0.4 is 5.32 Å². The van der Waals surface area contributed by atoms with Crippen molar-refractivity contribution in [3.05, 3.63) is 64.7 Å². The smallest absolute Gasteiger partial charge is 0.338 e. The van der Waals surface area contributed by atoms with Crippen molar-refractivity contribution in [2.24, 2.45) is 0 Å². The highest BCUT2D eigenvalue weighted by atomic mass is 32.2. The van der Waals surface area contributed by atoms with Gasteiger partial charge in [-0.15, -0.1) is 0 Å². The quantitative estimate of drug-likeness (QED) is 0.785. The van der Waals surface area contributed by atoms with Crippen LogP contribution in [0.1, 0.15) is 52.6 Å². The normalized spacial score (nSPS) is 12.3. The lowest BCUT2D eigenvalue weighted by molar-refractivity contribution is 0.00687. The van der Waals surface area contributed by atoms with Crippen molar-refractivity contribution < 1.29 is 18.5 Å². The molecule has 0 saturated heterocycles. The number of rotatable bonds is 5. The molecule has 2 aromatic carbocycles. The monoisotopic (exact) mass is 387 g/mol. The van der Waals surface area contributed by atoms with Crippen LogP contribution in [-0.2, 0) is 21.3 Å². The summed E-state index contributed by atoms with van der Waals surface area (Å²) in [6.07, 6.45) is 1.63. The second-order valence-corrected chi connectivity index (χ2v) is 8.84. The molecule has 0 saturated carbocycles. The van der Waals surface area contributed by atoms with E-state index in [4.69, 9.17) is 4.74 Å². The van der Waals surface area contributed by atoms with Gasteiger partial charge in [-0.05, 0) is 69.2 Å². The van der Waals surface area contributed by atoms with E-state index in [0.29, 0.717) is 22.6 Å².